The van der Waals surface area contributed by atoms with Crippen molar-refractivity contribution in [3.8, 4) is 0 Å². The van der Waals surface area contributed by atoms with Crippen LogP contribution in [-0.4, -0.2) is 35.5 Å². The number of carbonyl (C=O) groups is 1. The molecule has 2 N–H and O–H groups in total. The number of rotatable bonds is 3. The van der Waals surface area contributed by atoms with Crippen molar-refractivity contribution in [3.63, 3.8) is 0 Å². The molecule has 1 saturated carbocycles. The maximum Gasteiger partial charge on any atom is 0.309 e. The van der Waals surface area contributed by atoms with Gasteiger partial charge in [0, 0.05) is 6.61 Å². The van der Waals surface area contributed by atoms with Gasteiger partial charge in [0.1, 0.15) is 0 Å². The van der Waals surface area contributed by atoms with E-state index < -0.39 is 6.10 Å². The van der Waals surface area contributed by atoms with E-state index in [1.165, 1.54) is 0 Å². The maximum absolute atomic E-state index is 11.3. The summed E-state index contributed by atoms with van der Waals surface area (Å²) in [6, 6.07) is 0. The predicted molar refractivity (Wildman–Crippen MR) is 45.9 cm³/mol. The minimum absolute atomic E-state index is 0.0550. The molecule has 0 saturated heterocycles. The second-order valence-electron chi connectivity index (χ2n) is 3.43. The molecule has 0 amide bonds. The van der Waals surface area contributed by atoms with Gasteiger partial charge in [-0.25, -0.2) is 0 Å². The molecule has 76 valence electrons. The Morgan fingerprint density at radius 1 is 1.54 bits per heavy atom. The minimum atomic E-state index is -0.466. The molecule has 0 aromatic carbocycles. The molecule has 13 heavy (non-hydrogen) atoms. The average molecular weight is 188 g/mol. The molecule has 3 atom stereocenters. The smallest absolute Gasteiger partial charge is 0.309 e. The van der Waals surface area contributed by atoms with E-state index in [4.69, 9.17) is 9.84 Å². The van der Waals surface area contributed by atoms with Crippen LogP contribution in [0, 0.1) is 11.8 Å². The molecular formula is C9H16O4. The molecule has 0 aromatic heterocycles. The molecule has 0 radical (unpaired) electrons. The largest absolute Gasteiger partial charge is 0.466 e. The highest BCUT2D eigenvalue weighted by atomic mass is 16.5. The molecule has 0 bridgehead atoms. The van der Waals surface area contributed by atoms with Gasteiger partial charge in [-0.1, -0.05) is 0 Å². The number of hydrogen-bond acceptors (Lipinski definition) is 4. The third-order valence-corrected chi connectivity index (χ3v) is 2.49. The van der Waals surface area contributed by atoms with Gasteiger partial charge in [0.15, 0.2) is 0 Å². The van der Waals surface area contributed by atoms with Gasteiger partial charge in [-0.3, -0.25) is 4.79 Å². The molecule has 1 unspecified atom stereocenters. The first kappa shape index (κ1) is 10.5. The molecule has 1 fully saturated rings. The van der Waals surface area contributed by atoms with Crippen molar-refractivity contribution >= 4 is 5.97 Å². The van der Waals surface area contributed by atoms with Gasteiger partial charge in [0.05, 0.1) is 18.6 Å². The summed E-state index contributed by atoms with van der Waals surface area (Å²) in [5.74, 6) is -0.743. The summed E-state index contributed by atoms with van der Waals surface area (Å²) >= 11 is 0. The van der Waals surface area contributed by atoms with E-state index >= 15 is 0 Å². The lowest BCUT2D eigenvalue weighted by Crippen LogP contribution is -2.23. The zero-order valence-corrected chi connectivity index (χ0v) is 7.77. The Morgan fingerprint density at radius 3 is 2.77 bits per heavy atom. The van der Waals surface area contributed by atoms with Gasteiger partial charge >= 0.3 is 5.97 Å². The monoisotopic (exact) mass is 188 g/mol. The van der Waals surface area contributed by atoms with Crippen molar-refractivity contribution in [2.45, 2.75) is 25.9 Å². The summed E-state index contributed by atoms with van der Waals surface area (Å²) in [5, 5.41) is 18.3. The van der Waals surface area contributed by atoms with Crippen LogP contribution in [-0.2, 0) is 9.53 Å². The maximum atomic E-state index is 11.3. The molecule has 0 aliphatic heterocycles. The van der Waals surface area contributed by atoms with Gasteiger partial charge in [-0.05, 0) is 25.7 Å². The van der Waals surface area contributed by atoms with E-state index in [1.807, 2.05) is 0 Å². The minimum Gasteiger partial charge on any atom is -0.466 e. The number of esters is 1. The van der Waals surface area contributed by atoms with E-state index in [-0.39, 0.29) is 24.4 Å². The van der Waals surface area contributed by atoms with Crippen molar-refractivity contribution in [1.29, 1.82) is 0 Å². The standard InChI is InChI=1S/C9H16O4/c1-2-13-9(12)8-4-7(11)3-6(8)5-10/h6-8,10-11H,2-5H2,1H3/t6-,7?,8+/m0/s1. The first-order valence-corrected chi connectivity index (χ1v) is 4.64. The van der Waals surface area contributed by atoms with Crippen LogP contribution in [0.4, 0.5) is 0 Å². The number of aliphatic hydroxyl groups excluding tert-OH is 2. The first-order valence-electron chi connectivity index (χ1n) is 4.64. The lowest BCUT2D eigenvalue weighted by atomic mass is 9.97. The third-order valence-electron chi connectivity index (χ3n) is 2.49. The van der Waals surface area contributed by atoms with Crippen LogP contribution >= 0.6 is 0 Å². The van der Waals surface area contributed by atoms with Gasteiger partial charge in [0.2, 0.25) is 0 Å². The van der Waals surface area contributed by atoms with E-state index in [0.29, 0.717) is 19.4 Å². The molecule has 1 rings (SSSR count). The van der Waals surface area contributed by atoms with Crippen LogP contribution in [0.5, 0.6) is 0 Å². The Bertz CT molecular complexity index is 180. The van der Waals surface area contributed by atoms with Crippen molar-refractivity contribution in [2.24, 2.45) is 11.8 Å². The van der Waals surface area contributed by atoms with E-state index in [0.717, 1.165) is 0 Å². The van der Waals surface area contributed by atoms with Gasteiger partial charge in [-0.15, -0.1) is 0 Å². The fourth-order valence-electron chi connectivity index (χ4n) is 1.84. The molecule has 4 nitrogen and oxygen atoms in total. The summed E-state index contributed by atoms with van der Waals surface area (Å²) in [7, 11) is 0. The molecular weight excluding hydrogens is 172 g/mol. The van der Waals surface area contributed by atoms with Crippen LogP contribution in [0.15, 0.2) is 0 Å². The average Bonchev–Trinajstić information content (AvgIpc) is 2.47. The van der Waals surface area contributed by atoms with Gasteiger partial charge in [0.25, 0.3) is 0 Å². The SMILES string of the molecule is CCOC(=O)[C@@H]1CC(O)C[C@H]1CO. The molecule has 0 spiro atoms. The molecule has 4 heteroatoms. The summed E-state index contributed by atoms with van der Waals surface area (Å²) < 4.78 is 4.85. The van der Waals surface area contributed by atoms with Crippen molar-refractivity contribution in [2.75, 3.05) is 13.2 Å². The topological polar surface area (TPSA) is 66.8 Å². The first-order chi connectivity index (χ1) is 6.19. The third kappa shape index (κ3) is 2.42. The fraction of sp³-hybridized carbons (Fsp3) is 0.889. The highest BCUT2D eigenvalue weighted by Crippen LogP contribution is 2.32. The predicted octanol–water partition coefficient (Wildman–Crippen LogP) is -0.0711. The van der Waals surface area contributed by atoms with Crippen LogP contribution in [0.2, 0.25) is 0 Å². The summed E-state index contributed by atoms with van der Waals surface area (Å²) in [6.45, 7) is 2.04. The number of hydrogen-bond donors (Lipinski definition) is 2. The summed E-state index contributed by atoms with van der Waals surface area (Å²) in [6.07, 6.45) is 0.455. The second kappa shape index (κ2) is 4.58. The quantitative estimate of drug-likeness (QED) is 0.608. The van der Waals surface area contributed by atoms with Crippen LogP contribution in [0.1, 0.15) is 19.8 Å². The number of aliphatic hydroxyl groups is 2. The van der Waals surface area contributed by atoms with E-state index in [9.17, 15) is 9.90 Å². The summed E-state index contributed by atoms with van der Waals surface area (Å²) in [4.78, 5) is 11.3. The van der Waals surface area contributed by atoms with Crippen LogP contribution in [0.25, 0.3) is 0 Å². The Kier molecular flexibility index (Phi) is 3.69. The number of ether oxygens (including phenoxy) is 1. The van der Waals surface area contributed by atoms with Crippen molar-refractivity contribution in [1.82, 2.24) is 0 Å². The fourth-order valence-corrected chi connectivity index (χ4v) is 1.84. The second-order valence-corrected chi connectivity index (χ2v) is 3.43. The normalized spacial score (nSPS) is 33.3. The Balaban J connectivity index is 2.52. The van der Waals surface area contributed by atoms with Crippen LogP contribution in [0.3, 0.4) is 0 Å². The molecule has 1 aliphatic carbocycles. The molecule has 1 aliphatic rings. The highest BCUT2D eigenvalue weighted by Gasteiger charge is 2.38. The zero-order valence-electron chi connectivity index (χ0n) is 7.77. The molecule has 0 aromatic rings. The molecule has 0 heterocycles. The lowest BCUT2D eigenvalue weighted by molar-refractivity contribution is -0.149. The van der Waals surface area contributed by atoms with Crippen LogP contribution < -0.4 is 0 Å². The van der Waals surface area contributed by atoms with Crippen molar-refractivity contribution in [3.05, 3.63) is 0 Å². The lowest BCUT2D eigenvalue weighted by Gasteiger charge is -2.14. The van der Waals surface area contributed by atoms with E-state index in [1.54, 1.807) is 6.92 Å². The van der Waals surface area contributed by atoms with Gasteiger partial charge < -0.3 is 14.9 Å². The highest BCUT2D eigenvalue weighted by molar-refractivity contribution is 5.73. The Hall–Kier alpha value is -0.610. The van der Waals surface area contributed by atoms with Crippen molar-refractivity contribution < 1.29 is 19.7 Å². The Morgan fingerprint density at radius 2 is 2.23 bits per heavy atom. The van der Waals surface area contributed by atoms with Gasteiger partial charge in [-0.2, -0.15) is 0 Å². The Labute approximate surface area is 77.5 Å². The van der Waals surface area contributed by atoms with E-state index in [2.05, 4.69) is 0 Å². The zero-order chi connectivity index (χ0) is 9.84. The summed E-state index contributed by atoms with van der Waals surface area (Å²) in [5.41, 5.74) is 0. The number of carbonyl (C=O) groups excluding carboxylic acids is 1.